The van der Waals surface area contributed by atoms with Crippen LogP contribution in [0.15, 0.2) is 0 Å². The molecule has 76 valence electrons. The molecule has 0 bridgehead atoms. The van der Waals surface area contributed by atoms with E-state index in [0.29, 0.717) is 5.92 Å². The van der Waals surface area contributed by atoms with Crippen molar-refractivity contribution in [2.75, 3.05) is 0 Å². The van der Waals surface area contributed by atoms with Crippen LogP contribution >= 0.6 is 12.2 Å². The van der Waals surface area contributed by atoms with Crippen molar-refractivity contribution in [1.82, 2.24) is 0 Å². The van der Waals surface area contributed by atoms with E-state index in [4.69, 9.17) is 18.0 Å². The summed E-state index contributed by atoms with van der Waals surface area (Å²) in [5, 5.41) is 0. The Bertz CT molecular complexity index is 159. The predicted molar refractivity (Wildman–Crippen MR) is 61.8 cm³/mol. The van der Waals surface area contributed by atoms with Crippen LogP contribution in [0.4, 0.5) is 0 Å². The molecule has 1 aliphatic carbocycles. The topological polar surface area (TPSA) is 26.0 Å². The molecule has 0 aromatic heterocycles. The monoisotopic (exact) mass is 199 g/mol. The molecular weight excluding hydrogens is 178 g/mol. The Morgan fingerprint density at radius 3 is 2.38 bits per heavy atom. The average molecular weight is 199 g/mol. The van der Waals surface area contributed by atoms with Crippen LogP contribution < -0.4 is 5.73 Å². The van der Waals surface area contributed by atoms with E-state index >= 15 is 0 Å². The number of rotatable bonds is 4. The standard InChI is InChI=1S/C11H21NS/c1-2-3-4-9-5-7-10(8-6-9)11(12)13/h9-10H,2-8H2,1H3,(H2,12,13). The van der Waals surface area contributed by atoms with Crippen molar-refractivity contribution in [2.24, 2.45) is 17.6 Å². The molecule has 0 spiro atoms. The minimum absolute atomic E-state index is 0.549. The fourth-order valence-electron chi connectivity index (χ4n) is 2.23. The minimum atomic E-state index is 0.549. The molecule has 1 rings (SSSR count). The molecule has 0 saturated heterocycles. The van der Waals surface area contributed by atoms with E-state index in [0.717, 1.165) is 10.9 Å². The molecule has 13 heavy (non-hydrogen) atoms. The van der Waals surface area contributed by atoms with Gasteiger partial charge < -0.3 is 5.73 Å². The van der Waals surface area contributed by atoms with Crippen LogP contribution in [0.1, 0.15) is 51.9 Å². The Kier molecular flexibility index (Phi) is 4.71. The Balaban J connectivity index is 2.18. The first kappa shape index (κ1) is 11.0. The molecule has 2 heteroatoms. The average Bonchev–Trinajstić information content (AvgIpc) is 2.15. The fourth-order valence-corrected chi connectivity index (χ4v) is 2.46. The van der Waals surface area contributed by atoms with Crippen LogP contribution in [0, 0.1) is 11.8 Å². The number of thiocarbonyl (C=S) groups is 1. The second-order valence-electron chi connectivity index (χ2n) is 4.26. The molecule has 0 amide bonds. The van der Waals surface area contributed by atoms with Crippen LogP contribution in [0.25, 0.3) is 0 Å². The lowest BCUT2D eigenvalue weighted by Crippen LogP contribution is -2.26. The van der Waals surface area contributed by atoms with E-state index in [-0.39, 0.29) is 0 Å². The second kappa shape index (κ2) is 5.58. The SMILES string of the molecule is CCCCC1CCC(C(N)=S)CC1. The first-order valence-electron chi connectivity index (χ1n) is 5.53. The summed E-state index contributed by atoms with van der Waals surface area (Å²) in [6.07, 6.45) is 9.32. The van der Waals surface area contributed by atoms with Crippen LogP contribution in [-0.4, -0.2) is 4.99 Å². The third kappa shape index (κ3) is 3.63. The first-order chi connectivity index (χ1) is 6.24. The highest BCUT2D eigenvalue weighted by atomic mass is 32.1. The van der Waals surface area contributed by atoms with E-state index in [1.807, 2.05) is 0 Å². The van der Waals surface area contributed by atoms with E-state index in [9.17, 15) is 0 Å². The van der Waals surface area contributed by atoms with E-state index in [1.165, 1.54) is 44.9 Å². The highest BCUT2D eigenvalue weighted by Crippen LogP contribution is 2.31. The summed E-state index contributed by atoms with van der Waals surface area (Å²) in [5.74, 6) is 1.51. The molecule has 2 N–H and O–H groups in total. The zero-order valence-corrected chi connectivity index (χ0v) is 9.41. The van der Waals surface area contributed by atoms with Gasteiger partial charge >= 0.3 is 0 Å². The van der Waals surface area contributed by atoms with Gasteiger partial charge in [-0.3, -0.25) is 0 Å². The van der Waals surface area contributed by atoms with Crippen molar-refractivity contribution in [2.45, 2.75) is 51.9 Å². The van der Waals surface area contributed by atoms with Gasteiger partial charge in [-0.15, -0.1) is 0 Å². The Hall–Kier alpha value is -0.110. The van der Waals surface area contributed by atoms with Gasteiger partial charge in [-0.25, -0.2) is 0 Å². The first-order valence-corrected chi connectivity index (χ1v) is 5.94. The largest absolute Gasteiger partial charge is 0.393 e. The molecular formula is C11H21NS. The third-order valence-electron chi connectivity index (χ3n) is 3.22. The smallest absolute Gasteiger partial charge is 0.0758 e. The zero-order chi connectivity index (χ0) is 9.68. The summed E-state index contributed by atoms with van der Waals surface area (Å²) in [7, 11) is 0. The Labute approximate surface area is 87.1 Å². The zero-order valence-electron chi connectivity index (χ0n) is 8.59. The van der Waals surface area contributed by atoms with Crippen LogP contribution in [0.2, 0.25) is 0 Å². The second-order valence-corrected chi connectivity index (χ2v) is 4.73. The Morgan fingerprint density at radius 1 is 1.31 bits per heavy atom. The van der Waals surface area contributed by atoms with Gasteiger partial charge in [0.25, 0.3) is 0 Å². The van der Waals surface area contributed by atoms with Gasteiger partial charge in [0, 0.05) is 5.92 Å². The summed E-state index contributed by atoms with van der Waals surface area (Å²) in [4.78, 5) is 0.744. The lowest BCUT2D eigenvalue weighted by Gasteiger charge is -2.27. The molecule has 1 nitrogen and oxygen atoms in total. The van der Waals surface area contributed by atoms with Gasteiger partial charge in [-0.05, 0) is 31.6 Å². The van der Waals surface area contributed by atoms with E-state index in [2.05, 4.69) is 6.92 Å². The van der Waals surface area contributed by atoms with E-state index < -0.39 is 0 Å². The molecule has 1 aliphatic rings. The maximum absolute atomic E-state index is 5.64. The number of hydrogen-bond acceptors (Lipinski definition) is 1. The molecule has 1 fully saturated rings. The van der Waals surface area contributed by atoms with Crippen LogP contribution in [-0.2, 0) is 0 Å². The van der Waals surface area contributed by atoms with Crippen molar-refractivity contribution < 1.29 is 0 Å². The van der Waals surface area contributed by atoms with Gasteiger partial charge in [-0.1, -0.05) is 38.4 Å². The third-order valence-corrected chi connectivity index (χ3v) is 3.55. The number of hydrogen-bond donors (Lipinski definition) is 1. The quantitative estimate of drug-likeness (QED) is 0.703. The molecule has 0 aliphatic heterocycles. The van der Waals surface area contributed by atoms with Crippen molar-refractivity contribution in [3.05, 3.63) is 0 Å². The Morgan fingerprint density at radius 2 is 1.92 bits per heavy atom. The van der Waals surface area contributed by atoms with Crippen LogP contribution in [0.5, 0.6) is 0 Å². The van der Waals surface area contributed by atoms with Gasteiger partial charge in [-0.2, -0.15) is 0 Å². The number of unbranched alkanes of at least 4 members (excludes halogenated alkanes) is 1. The summed E-state index contributed by atoms with van der Waals surface area (Å²) < 4.78 is 0. The van der Waals surface area contributed by atoms with Gasteiger partial charge in [0.05, 0.1) is 4.99 Å². The highest BCUT2D eigenvalue weighted by Gasteiger charge is 2.21. The number of nitrogens with two attached hydrogens (primary N) is 1. The lowest BCUT2D eigenvalue weighted by atomic mass is 9.80. The van der Waals surface area contributed by atoms with Crippen molar-refractivity contribution in [3.8, 4) is 0 Å². The van der Waals surface area contributed by atoms with Gasteiger partial charge in [0.15, 0.2) is 0 Å². The molecule has 1 saturated carbocycles. The molecule has 0 atom stereocenters. The summed E-state index contributed by atoms with van der Waals surface area (Å²) in [6, 6.07) is 0. The maximum atomic E-state index is 5.64. The normalized spacial score (nSPS) is 28.7. The van der Waals surface area contributed by atoms with E-state index in [1.54, 1.807) is 0 Å². The fraction of sp³-hybridized carbons (Fsp3) is 0.909. The summed E-state index contributed by atoms with van der Waals surface area (Å²) in [5.41, 5.74) is 5.64. The maximum Gasteiger partial charge on any atom is 0.0758 e. The summed E-state index contributed by atoms with van der Waals surface area (Å²) in [6.45, 7) is 2.26. The van der Waals surface area contributed by atoms with Gasteiger partial charge in [0.1, 0.15) is 0 Å². The molecule has 0 aromatic rings. The summed E-state index contributed by atoms with van der Waals surface area (Å²) >= 11 is 5.02. The van der Waals surface area contributed by atoms with Gasteiger partial charge in [0.2, 0.25) is 0 Å². The molecule has 0 aromatic carbocycles. The van der Waals surface area contributed by atoms with Crippen molar-refractivity contribution in [1.29, 1.82) is 0 Å². The highest BCUT2D eigenvalue weighted by molar-refractivity contribution is 7.80. The van der Waals surface area contributed by atoms with Crippen LogP contribution in [0.3, 0.4) is 0 Å². The lowest BCUT2D eigenvalue weighted by molar-refractivity contribution is 0.301. The predicted octanol–water partition coefficient (Wildman–Crippen LogP) is 3.27. The molecule has 0 unspecified atom stereocenters. The molecule has 0 heterocycles. The minimum Gasteiger partial charge on any atom is -0.393 e. The van der Waals surface area contributed by atoms with Crippen molar-refractivity contribution in [3.63, 3.8) is 0 Å². The molecule has 0 radical (unpaired) electrons. The van der Waals surface area contributed by atoms with Crippen molar-refractivity contribution >= 4 is 17.2 Å².